The maximum Gasteiger partial charge on any atom is 0.250 e. The fraction of sp³-hybridized carbons (Fsp3) is 0.267. The molecule has 0 saturated heterocycles. The molecule has 5 nitrogen and oxygen atoms in total. The molecule has 0 aliphatic heterocycles. The number of hydrogen-bond donors (Lipinski definition) is 2. The lowest BCUT2D eigenvalue weighted by Crippen LogP contribution is -2.41. The highest BCUT2D eigenvalue weighted by atomic mass is 32.2. The third kappa shape index (κ3) is 4.16. The molecule has 7 heteroatoms. The summed E-state index contributed by atoms with van der Waals surface area (Å²) in [5, 5.41) is 4.40. The number of nitrogens with one attached hydrogen (secondary N) is 2. The molecule has 0 aliphatic carbocycles. The number of carbonyl (C=O) groups excluding carboxylic acids is 1. The molecule has 0 bridgehead atoms. The summed E-state index contributed by atoms with van der Waals surface area (Å²) in [5.41, 5.74) is 1.76. The standard InChI is InChI=1S/C15H18N2O3S2/c1-3-12-6-4-7-13(10-12)16-15(18)11(2)17-22(19,20)14-8-5-9-21-14/h4-11,17H,3H2,1-2H3,(H,16,18). The molecular weight excluding hydrogens is 320 g/mol. The molecular formula is C15H18N2O3S2. The normalized spacial score (nSPS) is 12.8. The van der Waals surface area contributed by atoms with Crippen LogP contribution in [-0.2, 0) is 21.2 Å². The smallest absolute Gasteiger partial charge is 0.250 e. The molecule has 1 atom stereocenters. The Morgan fingerprint density at radius 1 is 1.27 bits per heavy atom. The van der Waals surface area contributed by atoms with Crippen molar-refractivity contribution >= 4 is 33.0 Å². The van der Waals surface area contributed by atoms with E-state index in [0.717, 1.165) is 23.3 Å². The van der Waals surface area contributed by atoms with Gasteiger partial charge in [-0.05, 0) is 42.5 Å². The minimum Gasteiger partial charge on any atom is -0.325 e. The maximum atomic E-state index is 12.1. The van der Waals surface area contributed by atoms with Gasteiger partial charge in [0.2, 0.25) is 5.91 Å². The van der Waals surface area contributed by atoms with Crippen molar-refractivity contribution in [3.8, 4) is 0 Å². The molecule has 118 valence electrons. The predicted molar refractivity (Wildman–Crippen MR) is 88.6 cm³/mol. The van der Waals surface area contributed by atoms with E-state index in [9.17, 15) is 13.2 Å². The van der Waals surface area contributed by atoms with Crippen molar-refractivity contribution in [2.75, 3.05) is 5.32 Å². The van der Waals surface area contributed by atoms with Crippen molar-refractivity contribution < 1.29 is 13.2 Å². The lowest BCUT2D eigenvalue weighted by molar-refractivity contribution is -0.117. The molecule has 22 heavy (non-hydrogen) atoms. The van der Waals surface area contributed by atoms with Gasteiger partial charge in [-0.2, -0.15) is 4.72 Å². The van der Waals surface area contributed by atoms with E-state index >= 15 is 0 Å². The van der Waals surface area contributed by atoms with Crippen LogP contribution in [0.3, 0.4) is 0 Å². The summed E-state index contributed by atoms with van der Waals surface area (Å²) in [5.74, 6) is -0.395. The van der Waals surface area contributed by atoms with Crippen LogP contribution in [0.15, 0.2) is 46.0 Å². The first-order chi connectivity index (χ1) is 10.4. The summed E-state index contributed by atoms with van der Waals surface area (Å²) in [6.45, 7) is 3.54. The number of aryl methyl sites for hydroxylation is 1. The Kier molecular flexibility index (Phi) is 5.33. The molecule has 1 aromatic heterocycles. The van der Waals surface area contributed by atoms with Crippen molar-refractivity contribution in [1.29, 1.82) is 0 Å². The molecule has 2 rings (SSSR count). The van der Waals surface area contributed by atoms with E-state index in [0.29, 0.717) is 5.69 Å². The van der Waals surface area contributed by atoms with Crippen molar-refractivity contribution in [1.82, 2.24) is 4.72 Å². The third-order valence-corrected chi connectivity index (χ3v) is 6.03. The van der Waals surface area contributed by atoms with Gasteiger partial charge in [0.15, 0.2) is 0 Å². The Labute approximate surface area is 134 Å². The van der Waals surface area contributed by atoms with Gasteiger partial charge in [0.05, 0.1) is 6.04 Å². The van der Waals surface area contributed by atoms with Gasteiger partial charge in [-0.25, -0.2) is 8.42 Å². The largest absolute Gasteiger partial charge is 0.325 e. The molecule has 0 fully saturated rings. The molecule has 2 aromatic rings. The predicted octanol–water partition coefficient (Wildman–Crippen LogP) is 2.62. The highest BCUT2D eigenvalue weighted by Gasteiger charge is 2.22. The van der Waals surface area contributed by atoms with Crippen molar-refractivity contribution in [2.45, 2.75) is 30.5 Å². The lowest BCUT2D eigenvalue weighted by Gasteiger charge is -2.14. The first-order valence-electron chi connectivity index (χ1n) is 6.88. The summed E-state index contributed by atoms with van der Waals surface area (Å²) >= 11 is 1.11. The zero-order valence-electron chi connectivity index (χ0n) is 12.4. The average molecular weight is 338 g/mol. The number of amides is 1. The summed E-state index contributed by atoms with van der Waals surface area (Å²) in [7, 11) is -3.66. The topological polar surface area (TPSA) is 75.3 Å². The number of thiophene rings is 1. The van der Waals surface area contributed by atoms with E-state index in [1.807, 2.05) is 25.1 Å². The highest BCUT2D eigenvalue weighted by molar-refractivity contribution is 7.91. The molecule has 0 radical (unpaired) electrons. The van der Waals surface area contributed by atoms with Crippen molar-refractivity contribution in [3.05, 3.63) is 47.3 Å². The van der Waals surface area contributed by atoms with Gasteiger partial charge in [-0.1, -0.05) is 25.1 Å². The minimum absolute atomic E-state index is 0.195. The second kappa shape index (κ2) is 7.04. The van der Waals surface area contributed by atoms with Crippen LogP contribution >= 0.6 is 11.3 Å². The van der Waals surface area contributed by atoms with Crippen LogP contribution in [-0.4, -0.2) is 20.4 Å². The van der Waals surface area contributed by atoms with Gasteiger partial charge in [0.25, 0.3) is 10.0 Å². The zero-order valence-corrected chi connectivity index (χ0v) is 14.0. The highest BCUT2D eigenvalue weighted by Crippen LogP contribution is 2.16. The zero-order chi connectivity index (χ0) is 16.2. The maximum absolute atomic E-state index is 12.1. The average Bonchev–Trinajstić information content (AvgIpc) is 3.02. The Hall–Kier alpha value is -1.70. The second-order valence-electron chi connectivity index (χ2n) is 4.82. The van der Waals surface area contributed by atoms with Crippen molar-refractivity contribution in [3.63, 3.8) is 0 Å². The molecule has 1 heterocycles. The fourth-order valence-electron chi connectivity index (χ4n) is 1.88. The number of hydrogen-bond acceptors (Lipinski definition) is 4. The third-order valence-electron chi connectivity index (χ3n) is 3.09. The van der Waals surface area contributed by atoms with Crippen LogP contribution < -0.4 is 10.0 Å². The monoisotopic (exact) mass is 338 g/mol. The summed E-state index contributed by atoms with van der Waals surface area (Å²) < 4.78 is 26.7. The molecule has 2 N–H and O–H groups in total. The molecule has 1 amide bonds. The lowest BCUT2D eigenvalue weighted by atomic mass is 10.1. The van der Waals surface area contributed by atoms with E-state index < -0.39 is 22.0 Å². The van der Waals surface area contributed by atoms with E-state index in [2.05, 4.69) is 10.0 Å². The Morgan fingerprint density at radius 3 is 2.68 bits per heavy atom. The van der Waals surface area contributed by atoms with Crippen molar-refractivity contribution in [2.24, 2.45) is 0 Å². The minimum atomic E-state index is -3.66. The van der Waals surface area contributed by atoms with E-state index in [1.165, 1.54) is 13.0 Å². The number of anilines is 1. The van der Waals surface area contributed by atoms with Gasteiger partial charge in [0, 0.05) is 5.69 Å². The molecule has 1 unspecified atom stereocenters. The molecule has 1 aromatic carbocycles. The molecule has 0 aliphatic rings. The summed E-state index contributed by atoms with van der Waals surface area (Å²) in [6.07, 6.45) is 0.865. The Bertz CT molecular complexity index is 740. The number of benzene rings is 1. The fourth-order valence-corrected chi connectivity index (χ4v) is 4.09. The SMILES string of the molecule is CCc1cccc(NC(=O)C(C)NS(=O)(=O)c2cccs2)c1. The summed E-state index contributed by atoms with van der Waals surface area (Å²) in [6, 6.07) is 9.77. The quantitative estimate of drug-likeness (QED) is 0.850. The van der Waals surface area contributed by atoms with Gasteiger partial charge in [0.1, 0.15) is 4.21 Å². The van der Waals surface area contributed by atoms with Gasteiger partial charge >= 0.3 is 0 Å². The van der Waals surface area contributed by atoms with Crippen LogP contribution in [0.1, 0.15) is 19.4 Å². The van der Waals surface area contributed by atoms with Gasteiger partial charge < -0.3 is 5.32 Å². The first kappa shape index (κ1) is 16.7. The number of sulfonamides is 1. The van der Waals surface area contributed by atoms with E-state index in [1.54, 1.807) is 17.5 Å². The van der Waals surface area contributed by atoms with Crippen LogP contribution in [0.25, 0.3) is 0 Å². The number of carbonyl (C=O) groups is 1. The van der Waals surface area contributed by atoms with Gasteiger partial charge in [-0.3, -0.25) is 4.79 Å². The second-order valence-corrected chi connectivity index (χ2v) is 7.71. The van der Waals surface area contributed by atoms with E-state index in [-0.39, 0.29) is 4.21 Å². The van der Waals surface area contributed by atoms with Gasteiger partial charge in [-0.15, -0.1) is 11.3 Å². The van der Waals surface area contributed by atoms with Crippen LogP contribution in [0.2, 0.25) is 0 Å². The molecule has 0 spiro atoms. The van der Waals surface area contributed by atoms with Crippen LogP contribution in [0, 0.1) is 0 Å². The number of rotatable bonds is 6. The van der Waals surface area contributed by atoms with Crippen LogP contribution in [0.5, 0.6) is 0 Å². The van der Waals surface area contributed by atoms with Crippen LogP contribution in [0.4, 0.5) is 5.69 Å². The Morgan fingerprint density at radius 2 is 2.05 bits per heavy atom. The van der Waals surface area contributed by atoms with E-state index in [4.69, 9.17) is 0 Å². The molecule has 0 saturated carbocycles. The summed E-state index contributed by atoms with van der Waals surface area (Å²) in [4.78, 5) is 12.1. The first-order valence-corrected chi connectivity index (χ1v) is 9.24. The Balaban J connectivity index is 2.03.